The van der Waals surface area contributed by atoms with Crippen LogP contribution in [0.3, 0.4) is 0 Å². The van der Waals surface area contributed by atoms with Crippen LogP contribution in [-0.4, -0.2) is 50.5 Å². The molecule has 0 aliphatic carbocycles. The first-order chi connectivity index (χ1) is 13.3. The van der Waals surface area contributed by atoms with E-state index < -0.39 is 0 Å². The Morgan fingerprint density at radius 1 is 1.15 bits per heavy atom. The summed E-state index contributed by atoms with van der Waals surface area (Å²) in [5.41, 5.74) is 2.60. The zero-order chi connectivity index (χ0) is 18.5. The SMILES string of the molecule is COc1cccc(N2CCC(N[C@@H]3COC[C@H]3Cc3ccncc3)CC2)c1. The molecule has 1 aromatic carbocycles. The second-order valence-corrected chi connectivity index (χ2v) is 7.59. The van der Waals surface area contributed by atoms with Gasteiger partial charge in [-0.05, 0) is 49.1 Å². The molecule has 0 saturated carbocycles. The predicted molar refractivity (Wildman–Crippen MR) is 107 cm³/mol. The van der Waals surface area contributed by atoms with Gasteiger partial charge in [0.2, 0.25) is 0 Å². The van der Waals surface area contributed by atoms with Crippen molar-refractivity contribution in [2.45, 2.75) is 31.3 Å². The first-order valence-electron chi connectivity index (χ1n) is 9.93. The highest BCUT2D eigenvalue weighted by Crippen LogP contribution is 2.26. The Bertz CT molecular complexity index is 717. The molecule has 5 nitrogen and oxygen atoms in total. The van der Waals surface area contributed by atoms with Crippen molar-refractivity contribution in [2.75, 3.05) is 38.3 Å². The minimum Gasteiger partial charge on any atom is -0.497 e. The van der Waals surface area contributed by atoms with E-state index in [0.717, 1.165) is 51.3 Å². The second-order valence-electron chi connectivity index (χ2n) is 7.59. The molecule has 27 heavy (non-hydrogen) atoms. The van der Waals surface area contributed by atoms with Crippen LogP contribution in [-0.2, 0) is 11.2 Å². The van der Waals surface area contributed by atoms with Crippen LogP contribution in [0.4, 0.5) is 5.69 Å². The Hall–Kier alpha value is -2.11. The lowest BCUT2D eigenvalue weighted by Crippen LogP contribution is -2.48. The summed E-state index contributed by atoms with van der Waals surface area (Å²) in [6, 6.07) is 13.6. The van der Waals surface area contributed by atoms with Gasteiger partial charge in [0.05, 0.1) is 20.3 Å². The summed E-state index contributed by atoms with van der Waals surface area (Å²) in [4.78, 5) is 6.57. The number of anilines is 1. The van der Waals surface area contributed by atoms with Crippen molar-refractivity contribution in [3.63, 3.8) is 0 Å². The summed E-state index contributed by atoms with van der Waals surface area (Å²) in [7, 11) is 1.72. The fraction of sp³-hybridized carbons (Fsp3) is 0.500. The monoisotopic (exact) mass is 367 g/mol. The standard InChI is InChI=1S/C22H29N3O2/c1-26-21-4-2-3-20(14-21)25-11-7-19(8-12-25)24-22-16-27-15-18(22)13-17-5-9-23-10-6-17/h2-6,9-10,14,18-19,22,24H,7-8,11-13,15-16H2,1H3/t18-,22-/m1/s1. The minimum atomic E-state index is 0.450. The summed E-state index contributed by atoms with van der Waals surface area (Å²) in [5, 5.41) is 3.89. The summed E-state index contributed by atoms with van der Waals surface area (Å²) < 4.78 is 11.2. The smallest absolute Gasteiger partial charge is 0.120 e. The van der Waals surface area contributed by atoms with Gasteiger partial charge >= 0.3 is 0 Å². The van der Waals surface area contributed by atoms with Crippen LogP contribution in [0.15, 0.2) is 48.8 Å². The molecule has 2 fully saturated rings. The summed E-state index contributed by atoms with van der Waals surface area (Å²) >= 11 is 0. The summed E-state index contributed by atoms with van der Waals surface area (Å²) in [6.45, 7) is 3.83. The Morgan fingerprint density at radius 3 is 2.74 bits per heavy atom. The van der Waals surface area contributed by atoms with Gasteiger partial charge in [-0.1, -0.05) is 6.07 Å². The van der Waals surface area contributed by atoms with Crippen molar-refractivity contribution in [1.29, 1.82) is 0 Å². The number of nitrogens with one attached hydrogen (secondary N) is 1. The predicted octanol–water partition coefficient (Wildman–Crippen LogP) is 2.91. The van der Waals surface area contributed by atoms with E-state index >= 15 is 0 Å². The molecule has 2 aliphatic rings. The molecule has 0 unspecified atom stereocenters. The molecule has 2 atom stereocenters. The van der Waals surface area contributed by atoms with E-state index in [4.69, 9.17) is 9.47 Å². The zero-order valence-electron chi connectivity index (χ0n) is 16.0. The van der Waals surface area contributed by atoms with Gasteiger partial charge in [-0.2, -0.15) is 0 Å². The molecule has 0 radical (unpaired) electrons. The molecule has 0 bridgehead atoms. The lowest BCUT2D eigenvalue weighted by atomic mass is 9.93. The van der Waals surface area contributed by atoms with E-state index in [1.165, 1.54) is 11.3 Å². The van der Waals surface area contributed by atoms with Crippen molar-refractivity contribution in [1.82, 2.24) is 10.3 Å². The molecule has 3 heterocycles. The van der Waals surface area contributed by atoms with Crippen molar-refractivity contribution in [3.8, 4) is 5.75 Å². The van der Waals surface area contributed by atoms with Crippen LogP contribution in [0.2, 0.25) is 0 Å². The molecule has 2 aliphatic heterocycles. The first kappa shape index (κ1) is 18.3. The molecule has 5 heteroatoms. The van der Waals surface area contributed by atoms with Gasteiger partial charge in [0.25, 0.3) is 0 Å². The minimum absolute atomic E-state index is 0.450. The number of benzene rings is 1. The molecule has 144 valence electrons. The van der Waals surface area contributed by atoms with Crippen molar-refractivity contribution < 1.29 is 9.47 Å². The molecule has 4 rings (SSSR count). The fourth-order valence-corrected chi connectivity index (χ4v) is 4.22. The van der Waals surface area contributed by atoms with E-state index in [1.807, 2.05) is 18.5 Å². The maximum atomic E-state index is 5.80. The molecule has 1 N–H and O–H groups in total. The molecule has 0 amide bonds. The normalized spacial score (nSPS) is 23.5. The highest BCUT2D eigenvalue weighted by Gasteiger charge is 2.31. The average molecular weight is 367 g/mol. The number of piperidine rings is 1. The molecule has 0 spiro atoms. The third kappa shape index (κ3) is 4.60. The third-order valence-corrected chi connectivity index (χ3v) is 5.81. The van der Waals surface area contributed by atoms with Gasteiger partial charge in [-0.25, -0.2) is 0 Å². The van der Waals surface area contributed by atoms with Crippen molar-refractivity contribution in [2.24, 2.45) is 5.92 Å². The molecule has 2 aromatic rings. The summed E-state index contributed by atoms with van der Waals surface area (Å²) in [6.07, 6.45) is 7.14. The Kier molecular flexibility index (Phi) is 5.90. The number of hydrogen-bond donors (Lipinski definition) is 1. The fourth-order valence-electron chi connectivity index (χ4n) is 4.22. The largest absolute Gasteiger partial charge is 0.497 e. The highest BCUT2D eigenvalue weighted by atomic mass is 16.5. The topological polar surface area (TPSA) is 46.6 Å². The van der Waals surface area contributed by atoms with Gasteiger partial charge < -0.3 is 19.7 Å². The van der Waals surface area contributed by atoms with Gasteiger partial charge in [-0.15, -0.1) is 0 Å². The zero-order valence-corrected chi connectivity index (χ0v) is 16.0. The van der Waals surface area contributed by atoms with Crippen molar-refractivity contribution in [3.05, 3.63) is 54.4 Å². The van der Waals surface area contributed by atoms with Crippen LogP contribution in [0, 0.1) is 5.92 Å². The van der Waals surface area contributed by atoms with Gasteiger partial charge in [0, 0.05) is 55.2 Å². The molecular weight excluding hydrogens is 338 g/mol. The van der Waals surface area contributed by atoms with Crippen LogP contribution < -0.4 is 15.0 Å². The van der Waals surface area contributed by atoms with E-state index in [9.17, 15) is 0 Å². The molecule has 2 saturated heterocycles. The molecular formula is C22H29N3O2. The van der Waals surface area contributed by atoms with E-state index in [1.54, 1.807) is 7.11 Å². The Balaban J connectivity index is 1.29. The Labute approximate surface area is 161 Å². The molecule has 1 aromatic heterocycles. The quantitative estimate of drug-likeness (QED) is 0.851. The number of hydrogen-bond acceptors (Lipinski definition) is 5. The number of nitrogens with zero attached hydrogens (tertiary/aromatic N) is 2. The maximum absolute atomic E-state index is 5.80. The van der Waals surface area contributed by atoms with Crippen LogP contribution >= 0.6 is 0 Å². The van der Waals surface area contributed by atoms with Gasteiger partial charge in [-0.3, -0.25) is 4.98 Å². The van der Waals surface area contributed by atoms with Gasteiger partial charge in [0.1, 0.15) is 5.75 Å². The lowest BCUT2D eigenvalue weighted by molar-refractivity contribution is 0.181. The first-order valence-corrected chi connectivity index (χ1v) is 9.93. The number of pyridine rings is 1. The van der Waals surface area contributed by atoms with E-state index in [0.29, 0.717) is 18.0 Å². The van der Waals surface area contributed by atoms with E-state index in [2.05, 4.69) is 45.5 Å². The third-order valence-electron chi connectivity index (χ3n) is 5.81. The Morgan fingerprint density at radius 2 is 1.96 bits per heavy atom. The number of rotatable bonds is 6. The number of aromatic nitrogens is 1. The van der Waals surface area contributed by atoms with Crippen LogP contribution in [0.1, 0.15) is 18.4 Å². The summed E-state index contributed by atoms with van der Waals surface area (Å²) in [5.74, 6) is 1.47. The van der Waals surface area contributed by atoms with Crippen LogP contribution in [0.5, 0.6) is 5.75 Å². The number of methoxy groups -OCH3 is 1. The second kappa shape index (κ2) is 8.72. The van der Waals surface area contributed by atoms with Gasteiger partial charge in [0.15, 0.2) is 0 Å². The maximum Gasteiger partial charge on any atom is 0.120 e. The lowest BCUT2D eigenvalue weighted by Gasteiger charge is -2.36. The van der Waals surface area contributed by atoms with E-state index in [-0.39, 0.29) is 0 Å². The number of ether oxygens (including phenoxy) is 2. The van der Waals surface area contributed by atoms with Crippen molar-refractivity contribution >= 4 is 5.69 Å². The average Bonchev–Trinajstić information content (AvgIpc) is 3.16. The van der Waals surface area contributed by atoms with Crippen LogP contribution in [0.25, 0.3) is 0 Å². The highest BCUT2D eigenvalue weighted by molar-refractivity contribution is 5.51.